The van der Waals surface area contributed by atoms with Gasteiger partial charge in [-0.3, -0.25) is 13.8 Å². The molecule has 54 heavy (non-hydrogen) atoms. The maximum Gasteiger partial charge on any atom is 0.472 e. The van der Waals surface area contributed by atoms with Gasteiger partial charge in [-0.25, -0.2) is 4.57 Å². The summed E-state index contributed by atoms with van der Waals surface area (Å²) in [5, 5.41) is 13.7. The molecule has 0 bridgehead atoms. The Hall–Kier alpha value is -1.28. The van der Waals surface area contributed by atoms with E-state index in [9.17, 15) is 19.4 Å². The van der Waals surface area contributed by atoms with Crippen LogP contribution in [0.2, 0.25) is 0 Å². The second-order valence-corrected chi connectivity index (χ2v) is 17.9. The number of hydrogen-bond donors (Lipinski definition) is 3. The van der Waals surface area contributed by atoms with Crippen LogP contribution >= 0.6 is 7.82 Å². The maximum atomic E-state index is 12.8. The van der Waals surface area contributed by atoms with Gasteiger partial charge in [0.15, 0.2) is 0 Å². The van der Waals surface area contributed by atoms with E-state index in [1.54, 1.807) is 12.2 Å². The first-order valence-electron chi connectivity index (χ1n) is 22.4. The van der Waals surface area contributed by atoms with E-state index >= 15 is 0 Å². The summed E-state index contributed by atoms with van der Waals surface area (Å²) in [6.07, 6.45) is 45.3. The molecule has 0 aliphatic rings. The monoisotopic (exact) mass is 784 g/mol. The Bertz CT molecular complexity index is 980. The number of quaternary nitrogens is 1. The molecule has 9 heteroatoms. The van der Waals surface area contributed by atoms with Crippen LogP contribution < -0.4 is 5.32 Å². The van der Waals surface area contributed by atoms with Crippen molar-refractivity contribution in [2.45, 2.75) is 206 Å². The molecule has 1 unspecified atom stereocenters. The number of nitrogens with zero attached hydrogens (tertiary/aromatic N) is 1. The molecule has 8 nitrogen and oxygen atoms in total. The SMILES string of the molecule is CCCCCCC/C=C/C=C/[C@@H](O)[C@H](COP(=O)(O)OCC[N+](C)(C)C)NC(=O)CCCCCCCCCCCCCCC/C=C/CCCCCCCC. The highest BCUT2D eigenvalue weighted by molar-refractivity contribution is 7.47. The lowest BCUT2D eigenvalue weighted by molar-refractivity contribution is -0.870. The van der Waals surface area contributed by atoms with Crippen molar-refractivity contribution in [3.63, 3.8) is 0 Å². The van der Waals surface area contributed by atoms with E-state index in [0.29, 0.717) is 17.4 Å². The fraction of sp³-hybridized carbons (Fsp3) is 0.844. The van der Waals surface area contributed by atoms with Crippen LogP contribution in [0.4, 0.5) is 0 Å². The van der Waals surface area contributed by atoms with E-state index in [4.69, 9.17) is 9.05 Å². The number of aliphatic hydroxyl groups excluding tert-OH is 1. The Morgan fingerprint density at radius 2 is 1.06 bits per heavy atom. The van der Waals surface area contributed by atoms with Crippen molar-refractivity contribution >= 4 is 13.7 Å². The summed E-state index contributed by atoms with van der Waals surface area (Å²) in [5.74, 6) is -0.197. The van der Waals surface area contributed by atoms with Gasteiger partial charge in [-0.05, 0) is 44.9 Å². The van der Waals surface area contributed by atoms with Crippen LogP contribution in [0.5, 0.6) is 0 Å². The maximum absolute atomic E-state index is 12.8. The Morgan fingerprint density at radius 1 is 0.630 bits per heavy atom. The normalized spacial score (nSPS) is 14.7. The van der Waals surface area contributed by atoms with Crippen molar-refractivity contribution in [1.82, 2.24) is 5.32 Å². The molecule has 0 fully saturated rings. The van der Waals surface area contributed by atoms with Crippen LogP contribution in [0.1, 0.15) is 194 Å². The number of amides is 1. The first-order chi connectivity index (χ1) is 26.0. The fourth-order valence-electron chi connectivity index (χ4n) is 6.27. The van der Waals surface area contributed by atoms with E-state index in [1.165, 1.54) is 141 Å². The Balaban J connectivity index is 4.22. The second kappa shape index (κ2) is 37.3. The highest BCUT2D eigenvalue weighted by Gasteiger charge is 2.27. The van der Waals surface area contributed by atoms with Crippen LogP contribution in [-0.4, -0.2) is 73.4 Å². The summed E-state index contributed by atoms with van der Waals surface area (Å²) in [6, 6.07) is -0.875. The third kappa shape index (κ3) is 39.0. The zero-order valence-corrected chi connectivity index (χ0v) is 36.9. The molecule has 0 aromatic rings. The Kier molecular flexibility index (Phi) is 36.4. The van der Waals surface area contributed by atoms with Gasteiger partial charge in [-0.1, -0.05) is 179 Å². The molecule has 0 saturated carbocycles. The van der Waals surface area contributed by atoms with E-state index in [0.717, 1.165) is 32.1 Å². The Morgan fingerprint density at radius 3 is 1.52 bits per heavy atom. The first-order valence-corrected chi connectivity index (χ1v) is 23.9. The molecule has 0 radical (unpaired) electrons. The van der Waals surface area contributed by atoms with Crippen LogP contribution in [0.15, 0.2) is 36.5 Å². The third-order valence-corrected chi connectivity index (χ3v) is 10.9. The molecule has 3 N–H and O–H groups in total. The van der Waals surface area contributed by atoms with Gasteiger partial charge in [-0.15, -0.1) is 0 Å². The molecular formula is C45H88N2O6P+. The zero-order valence-electron chi connectivity index (χ0n) is 36.0. The van der Waals surface area contributed by atoms with Crippen molar-refractivity contribution in [2.75, 3.05) is 40.9 Å². The van der Waals surface area contributed by atoms with Crippen LogP contribution in [0, 0.1) is 0 Å². The number of carbonyl (C=O) groups excluding carboxylic acids is 1. The number of phosphoric acid groups is 1. The molecule has 318 valence electrons. The third-order valence-electron chi connectivity index (χ3n) is 9.89. The first kappa shape index (κ1) is 52.7. The lowest BCUT2D eigenvalue weighted by Crippen LogP contribution is -2.45. The minimum absolute atomic E-state index is 0.0534. The highest BCUT2D eigenvalue weighted by Crippen LogP contribution is 2.43. The summed E-state index contributed by atoms with van der Waals surface area (Å²) in [5.41, 5.74) is 0. The summed E-state index contributed by atoms with van der Waals surface area (Å²) in [7, 11) is 1.54. The molecule has 0 rings (SSSR count). The van der Waals surface area contributed by atoms with E-state index in [-0.39, 0.29) is 19.1 Å². The van der Waals surface area contributed by atoms with Gasteiger partial charge >= 0.3 is 7.82 Å². The number of unbranched alkanes of at least 4 members (excludes halogenated alkanes) is 24. The lowest BCUT2D eigenvalue weighted by atomic mass is 10.0. The van der Waals surface area contributed by atoms with Gasteiger partial charge in [0, 0.05) is 6.42 Å². The molecule has 0 aliphatic heterocycles. The van der Waals surface area contributed by atoms with Gasteiger partial charge in [0.1, 0.15) is 13.2 Å². The number of allylic oxidation sites excluding steroid dienone is 5. The molecule has 1 amide bonds. The summed E-state index contributed by atoms with van der Waals surface area (Å²) in [4.78, 5) is 23.0. The van der Waals surface area contributed by atoms with Gasteiger partial charge < -0.3 is 19.8 Å². The van der Waals surface area contributed by atoms with E-state index < -0.39 is 20.0 Å². The predicted octanol–water partition coefficient (Wildman–Crippen LogP) is 12.3. The number of phosphoric ester groups is 1. The Labute approximate surface area is 334 Å². The van der Waals surface area contributed by atoms with Gasteiger partial charge in [0.05, 0.1) is 39.9 Å². The minimum Gasteiger partial charge on any atom is -0.387 e. The minimum atomic E-state index is -4.34. The van der Waals surface area contributed by atoms with Crippen LogP contribution in [0.25, 0.3) is 0 Å². The highest BCUT2D eigenvalue weighted by atomic mass is 31.2. The summed E-state index contributed by atoms with van der Waals surface area (Å²) < 4.78 is 23.4. The van der Waals surface area contributed by atoms with Gasteiger partial charge in [0.25, 0.3) is 0 Å². The van der Waals surface area contributed by atoms with Crippen molar-refractivity contribution in [3.8, 4) is 0 Å². The second-order valence-electron chi connectivity index (χ2n) is 16.5. The smallest absolute Gasteiger partial charge is 0.387 e. The van der Waals surface area contributed by atoms with Crippen LogP contribution in [0.3, 0.4) is 0 Å². The number of carbonyl (C=O) groups is 1. The predicted molar refractivity (Wildman–Crippen MR) is 231 cm³/mol. The number of aliphatic hydroxyl groups is 1. The summed E-state index contributed by atoms with van der Waals surface area (Å²) in [6.45, 7) is 4.73. The quantitative estimate of drug-likeness (QED) is 0.0188. The van der Waals surface area contributed by atoms with Gasteiger partial charge in [0.2, 0.25) is 5.91 Å². The number of rotatable bonds is 40. The van der Waals surface area contributed by atoms with Crippen molar-refractivity contribution in [3.05, 3.63) is 36.5 Å². The molecule has 3 atom stereocenters. The number of nitrogens with one attached hydrogen (secondary N) is 1. The number of hydrogen-bond acceptors (Lipinski definition) is 5. The molecule has 0 heterocycles. The zero-order chi connectivity index (χ0) is 40.0. The molecule has 0 aromatic heterocycles. The lowest BCUT2D eigenvalue weighted by Gasteiger charge is -2.25. The standard InChI is InChI=1S/C45H87N2O6P/c1-6-8-10-12-14-16-17-18-19-20-21-22-23-24-25-26-27-28-29-31-33-35-37-39-45(49)46-43(42-53-54(50,51)52-41-40-47(3,4)5)44(48)38-36-34-32-30-15-13-11-9-7-2/h18-19,32,34,36,38,43-44,48H,6-17,20-31,33,35,37,39-42H2,1-5H3,(H-,46,49,50,51)/p+1/b19-18+,34-32+,38-36+/t43-,44+/m0/s1. The van der Waals surface area contributed by atoms with Crippen LogP contribution in [-0.2, 0) is 18.4 Å². The number of likely N-dealkylation sites (N-methyl/N-ethyl adjacent to an activating group) is 1. The molecule has 0 aromatic carbocycles. The average molecular weight is 784 g/mol. The topological polar surface area (TPSA) is 105 Å². The molecular weight excluding hydrogens is 695 g/mol. The van der Waals surface area contributed by atoms with Gasteiger partial charge in [-0.2, -0.15) is 0 Å². The van der Waals surface area contributed by atoms with E-state index in [1.807, 2.05) is 27.2 Å². The fourth-order valence-corrected chi connectivity index (χ4v) is 7.01. The van der Waals surface area contributed by atoms with Crippen molar-refractivity contribution in [1.29, 1.82) is 0 Å². The largest absolute Gasteiger partial charge is 0.472 e. The molecule has 0 spiro atoms. The molecule has 0 saturated heterocycles. The van der Waals surface area contributed by atoms with E-state index in [2.05, 4.69) is 37.4 Å². The van der Waals surface area contributed by atoms with Crippen molar-refractivity contribution in [2.24, 2.45) is 0 Å². The average Bonchev–Trinajstić information content (AvgIpc) is 3.12. The van der Waals surface area contributed by atoms with Crippen molar-refractivity contribution < 1.29 is 32.9 Å². The molecule has 0 aliphatic carbocycles. The summed E-state index contributed by atoms with van der Waals surface area (Å²) >= 11 is 0.